The van der Waals surface area contributed by atoms with Gasteiger partial charge in [0.1, 0.15) is 5.65 Å². The first-order valence-electron chi connectivity index (χ1n) is 13.5. The van der Waals surface area contributed by atoms with Crippen molar-refractivity contribution >= 4 is 22.6 Å². The smallest absolute Gasteiger partial charge is 0.242 e. The average Bonchev–Trinajstić information content (AvgIpc) is 3.16. The van der Waals surface area contributed by atoms with Crippen molar-refractivity contribution in [3.05, 3.63) is 47.7 Å². The van der Waals surface area contributed by atoms with Crippen molar-refractivity contribution < 1.29 is 9.53 Å². The lowest BCUT2D eigenvalue weighted by atomic mass is 9.82. The second-order valence-electron chi connectivity index (χ2n) is 10.2. The molecule has 2 aliphatic heterocycles. The van der Waals surface area contributed by atoms with Crippen LogP contribution in [0.5, 0.6) is 0 Å². The normalized spacial score (nSPS) is 18.9. The first kappa shape index (κ1) is 22.6. The summed E-state index contributed by atoms with van der Waals surface area (Å²) >= 11 is 0. The molecule has 0 bridgehead atoms. The van der Waals surface area contributed by atoms with Gasteiger partial charge in [-0.25, -0.2) is 4.98 Å². The Kier molecular flexibility index (Phi) is 6.23. The molecule has 1 amide bonds. The maximum absolute atomic E-state index is 13.2. The highest BCUT2D eigenvalue weighted by Gasteiger charge is 2.31. The van der Waals surface area contributed by atoms with Crippen molar-refractivity contribution in [1.82, 2.24) is 14.5 Å². The molecule has 0 atom stereocenters. The van der Waals surface area contributed by atoms with E-state index in [2.05, 4.69) is 52.8 Å². The minimum Gasteiger partial charge on any atom is -0.378 e. The fraction of sp³-hybridized carbons (Fsp3) is 0.517. The van der Waals surface area contributed by atoms with Gasteiger partial charge in [-0.05, 0) is 48.9 Å². The Morgan fingerprint density at radius 1 is 1.00 bits per heavy atom. The number of morpholine rings is 1. The number of benzene rings is 1. The Morgan fingerprint density at radius 3 is 2.60 bits per heavy atom. The van der Waals surface area contributed by atoms with E-state index in [4.69, 9.17) is 9.72 Å². The molecule has 35 heavy (non-hydrogen) atoms. The Labute approximate surface area is 207 Å². The van der Waals surface area contributed by atoms with Crippen LogP contribution in [0.25, 0.3) is 22.3 Å². The van der Waals surface area contributed by atoms with E-state index in [1.54, 1.807) is 0 Å². The first-order valence-corrected chi connectivity index (χ1v) is 13.5. The summed E-state index contributed by atoms with van der Waals surface area (Å²) in [5.41, 5.74) is 7.51. The van der Waals surface area contributed by atoms with Crippen molar-refractivity contribution in [3.63, 3.8) is 0 Å². The van der Waals surface area contributed by atoms with Crippen molar-refractivity contribution in [2.75, 3.05) is 44.3 Å². The van der Waals surface area contributed by atoms with Gasteiger partial charge < -0.3 is 19.1 Å². The van der Waals surface area contributed by atoms with E-state index < -0.39 is 0 Å². The molecule has 4 heterocycles. The molecule has 0 spiro atoms. The Bertz CT molecular complexity index is 1220. The number of fused-ring (bicyclic) bond motifs is 5. The molecule has 1 aliphatic carbocycles. The maximum atomic E-state index is 13.2. The van der Waals surface area contributed by atoms with Gasteiger partial charge in [0.15, 0.2) is 0 Å². The molecule has 184 valence electrons. The molecule has 2 fully saturated rings. The molecule has 6 nitrogen and oxygen atoms in total. The van der Waals surface area contributed by atoms with E-state index in [-0.39, 0.29) is 5.91 Å². The van der Waals surface area contributed by atoms with E-state index >= 15 is 0 Å². The van der Waals surface area contributed by atoms with Gasteiger partial charge in [-0.2, -0.15) is 0 Å². The number of pyridine rings is 1. The van der Waals surface area contributed by atoms with Gasteiger partial charge in [-0.1, -0.05) is 44.4 Å². The van der Waals surface area contributed by atoms with E-state index in [0.29, 0.717) is 38.8 Å². The number of ether oxygens (including phenoxy) is 1. The fourth-order valence-electron chi connectivity index (χ4n) is 6.32. The molecule has 6 heteroatoms. The molecule has 0 unspecified atom stereocenters. The zero-order chi connectivity index (χ0) is 23.8. The summed E-state index contributed by atoms with van der Waals surface area (Å²) in [7, 11) is 0. The number of aryl methyl sites for hydroxylation is 1. The van der Waals surface area contributed by atoms with Crippen LogP contribution in [0.15, 0.2) is 36.4 Å². The van der Waals surface area contributed by atoms with Crippen LogP contribution in [0.2, 0.25) is 0 Å². The van der Waals surface area contributed by atoms with Gasteiger partial charge in [0.05, 0.1) is 25.5 Å². The van der Waals surface area contributed by atoms with Gasteiger partial charge in [0, 0.05) is 48.5 Å². The van der Waals surface area contributed by atoms with E-state index in [9.17, 15) is 4.79 Å². The lowest BCUT2D eigenvalue weighted by Gasteiger charge is -2.31. The second kappa shape index (κ2) is 9.65. The number of para-hydroxylation sites is 1. The van der Waals surface area contributed by atoms with Crippen molar-refractivity contribution in [1.29, 1.82) is 0 Å². The molecular weight excluding hydrogens is 436 g/mol. The summed E-state index contributed by atoms with van der Waals surface area (Å²) in [6.07, 6.45) is 7.40. The van der Waals surface area contributed by atoms with Crippen molar-refractivity contribution in [3.8, 4) is 11.3 Å². The summed E-state index contributed by atoms with van der Waals surface area (Å²) in [5.74, 6) is 0.768. The van der Waals surface area contributed by atoms with Crippen LogP contribution in [0.1, 0.15) is 56.2 Å². The number of amides is 1. The third-order valence-corrected chi connectivity index (χ3v) is 8.16. The second-order valence-corrected chi connectivity index (χ2v) is 10.2. The van der Waals surface area contributed by atoms with Gasteiger partial charge in [0.2, 0.25) is 5.91 Å². The topological polar surface area (TPSA) is 50.6 Å². The molecule has 0 radical (unpaired) electrons. The lowest BCUT2D eigenvalue weighted by molar-refractivity contribution is -0.133. The molecule has 1 aromatic carbocycles. The zero-order valence-electron chi connectivity index (χ0n) is 20.8. The molecule has 3 aliphatic rings. The van der Waals surface area contributed by atoms with Crippen LogP contribution in [-0.4, -0.2) is 59.8 Å². The minimum absolute atomic E-state index is 0.193. The first-order chi connectivity index (χ1) is 17.2. The Hall–Kier alpha value is -2.86. The summed E-state index contributed by atoms with van der Waals surface area (Å²) in [6, 6.07) is 13.2. The summed E-state index contributed by atoms with van der Waals surface area (Å²) < 4.78 is 7.93. The zero-order valence-corrected chi connectivity index (χ0v) is 20.8. The average molecular weight is 473 g/mol. The van der Waals surface area contributed by atoms with Crippen LogP contribution in [0.3, 0.4) is 0 Å². The van der Waals surface area contributed by atoms with Crippen LogP contribution in [-0.2, 0) is 22.5 Å². The quantitative estimate of drug-likeness (QED) is 0.537. The lowest BCUT2D eigenvalue weighted by Crippen LogP contribution is -2.46. The fourth-order valence-corrected chi connectivity index (χ4v) is 6.32. The number of rotatable bonds is 4. The van der Waals surface area contributed by atoms with Crippen LogP contribution >= 0.6 is 0 Å². The van der Waals surface area contributed by atoms with E-state index in [1.165, 1.54) is 60.0 Å². The van der Waals surface area contributed by atoms with Crippen molar-refractivity contribution in [2.45, 2.75) is 57.9 Å². The standard InChI is InChI=1S/C29H36N4O2/c1-2-22-12-13-24-27(21-8-4-3-5-9-21)28-23-10-6-7-11-25(23)32(14-15-33(28)29(24)30-22)20-26(34)31-16-18-35-19-17-31/h6-7,10-13,21H,2-5,8-9,14-20H2,1H3. The molecular formula is C29H36N4O2. The van der Waals surface area contributed by atoms with Gasteiger partial charge in [-0.15, -0.1) is 0 Å². The van der Waals surface area contributed by atoms with Crippen LogP contribution in [0.4, 0.5) is 5.69 Å². The largest absolute Gasteiger partial charge is 0.378 e. The van der Waals surface area contributed by atoms with Gasteiger partial charge in [-0.3, -0.25) is 4.79 Å². The number of anilines is 1. The van der Waals surface area contributed by atoms with Gasteiger partial charge in [0.25, 0.3) is 0 Å². The predicted molar refractivity (Wildman–Crippen MR) is 140 cm³/mol. The number of hydrogen-bond donors (Lipinski definition) is 0. The summed E-state index contributed by atoms with van der Waals surface area (Å²) in [6.45, 7) is 6.87. The van der Waals surface area contributed by atoms with E-state index in [1.807, 2.05) is 4.90 Å². The SMILES string of the molecule is CCc1ccc2c(C3CCCCC3)c3n(c2n1)CCN(CC(=O)N1CCOCC1)c1ccccc1-3. The number of hydrogen-bond acceptors (Lipinski definition) is 4. The highest BCUT2D eigenvalue weighted by molar-refractivity contribution is 5.95. The highest BCUT2D eigenvalue weighted by atomic mass is 16.5. The third kappa shape index (κ3) is 4.12. The third-order valence-electron chi connectivity index (χ3n) is 8.16. The molecule has 6 rings (SSSR count). The molecule has 0 N–H and O–H groups in total. The molecule has 1 saturated carbocycles. The van der Waals surface area contributed by atoms with Crippen LogP contribution < -0.4 is 4.90 Å². The minimum atomic E-state index is 0.193. The maximum Gasteiger partial charge on any atom is 0.242 e. The van der Waals surface area contributed by atoms with Crippen molar-refractivity contribution in [2.24, 2.45) is 0 Å². The van der Waals surface area contributed by atoms with Gasteiger partial charge >= 0.3 is 0 Å². The molecule has 3 aromatic rings. The summed E-state index contributed by atoms with van der Waals surface area (Å²) in [4.78, 5) is 22.6. The highest BCUT2D eigenvalue weighted by Crippen LogP contribution is 2.46. The Balaban J connectivity index is 1.46. The summed E-state index contributed by atoms with van der Waals surface area (Å²) in [5, 5.41) is 1.33. The monoisotopic (exact) mass is 472 g/mol. The molecule has 2 aromatic heterocycles. The number of carbonyl (C=O) groups excluding carboxylic acids is 1. The number of nitrogens with zero attached hydrogens (tertiary/aromatic N) is 4. The predicted octanol–water partition coefficient (Wildman–Crippen LogP) is 4.99. The molecule has 1 saturated heterocycles. The van der Waals surface area contributed by atoms with E-state index in [0.717, 1.165) is 30.9 Å². The van der Waals surface area contributed by atoms with Crippen LogP contribution in [0, 0.1) is 0 Å². The number of carbonyl (C=O) groups is 1. The Morgan fingerprint density at radius 2 is 1.80 bits per heavy atom. The number of aromatic nitrogens is 2.